The lowest BCUT2D eigenvalue weighted by Gasteiger charge is -2.33. The van der Waals surface area contributed by atoms with Crippen LogP contribution in [0, 0.1) is 0 Å². The van der Waals surface area contributed by atoms with Crippen molar-refractivity contribution in [1.82, 2.24) is 9.21 Å². The number of hydrogen-bond donors (Lipinski definition) is 0. The zero-order valence-electron chi connectivity index (χ0n) is 11.1. The van der Waals surface area contributed by atoms with E-state index >= 15 is 0 Å². The average Bonchev–Trinajstić information content (AvgIpc) is 2.62. The summed E-state index contributed by atoms with van der Waals surface area (Å²) >= 11 is 0. The van der Waals surface area contributed by atoms with E-state index in [1.165, 1.54) is 4.31 Å². The summed E-state index contributed by atoms with van der Waals surface area (Å²) in [4.78, 5) is 13.7. The average molecular weight is 262 g/mol. The predicted molar refractivity (Wildman–Crippen MR) is 67.1 cm³/mol. The van der Waals surface area contributed by atoms with Crippen LogP contribution in [0.3, 0.4) is 0 Å². The van der Waals surface area contributed by atoms with Gasteiger partial charge < -0.3 is 4.90 Å². The summed E-state index contributed by atoms with van der Waals surface area (Å²) in [5.41, 5.74) is -0.567. The molecule has 17 heavy (non-hydrogen) atoms. The highest BCUT2D eigenvalue weighted by Crippen LogP contribution is 2.18. The lowest BCUT2D eigenvalue weighted by molar-refractivity contribution is -0.131. The van der Waals surface area contributed by atoms with Crippen LogP contribution in [-0.4, -0.2) is 55.0 Å². The van der Waals surface area contributed by atoms with Crippen molar-refractivity contribution in [3.8, 4) is 0 Å². The molecule has 0 radical (unpaired) electrons. The number of hydrogen-bond acceptors (Lipinski definition) is 3. The molecule has 0 aromatic carbocycles. The highest BCUT2D eigenvalue weighted by atomic mass is 32.2. The maximum atomic E-state index is 12.0. The number of carbonyl (C=O) groups excluding carboxylic acids is 1. The molecule has 1 rings (SSSR count). The Morgan fingerprint density at radius 2 is 1.71 bits per heavy atom. The van der Waals surface area contributed by atoms with Crippen LogP contribution in [0.4, 0.5) is 0 Å². The van der Waals surface area contributed by atoms with E-state index in [9.17, 15) is 13.2 Å². The second-order valence-corrected chi connectivity index (χ2v) is 7.44. The molecule has 0 unspecified atom stereocenters. The van der Waals surface area contributed by atoms with Crippen molar-refractivity contribution in [1.29, 1.82) is 0 Å². The van der Waals surface area contributed by atoms with E-state index in [0.29, 0.717) is 0 Å². The fourth-order valence-corrected chi connectivity index (χ4v) is 3.38. The standard InChI is InChI=1S/C11H22N2O3S/c1-11(2,3)13(17(4,15)16)9-10(14)12-7-5-6-8-12/h5-9H2,1-4H3. The summed E-state index contributed by atoms with van der Waals surface area (Å²) in [6.45, 7) is 6.84. The van der Waals surface area contributed by atoms with Gasteiger partial charge in [0.1, 0.15) is 0 Å². The molecule has 5 nitrogen and oxygen atoms in total. The van der Waals surface area contributed by atoms with Crippen LogP contribution >= 0.6 is 0 Å². The van der Waals surface area contributed by atoms with Crippen LogP contribution < -0.4 is 0 Å². The van der Waals surface area contributed by atoms with E-state index in [1.807, 2.05) is 0 Å². The van der Waals surface area contributed by atoms with Gasteiger partial charge in [0.05, 0.1) is 12.8 Å². The van der Waals surface area contributed by atoms with Gasteiger partial charge in [0.15, 0.2) is 0 Å². The van der Waals surface area contributed by atoms with Crippen molar-refractivity contribution in [2.45, 2.75) is 39.2 Å². The van der Waals surface area contributed by atoms with Gasteiger partial charge in [-0.25, -0.2) is 8.42 Å². The minimum atomic E-state index is -3.36. The highest BCUT2D eigenvalue weighted by Gasteiger charge is 2.33. The van der Waals surface area contributed by atoms with Gasteiger partial charge in [-0.2, -0.15) is 4.31 Å². The predicted octanol–water partition coefficient (Wildman–Crippen LogP) is 0.669. The highest BCUT2D eigenvalue weighted by molar-refractivity contribution is 7.88. The maximum absolute atomic E-state index is 12.0. The normalized spacial score (nSPS) is 17.8. The van der Waals surface area contributed by atoms with Gasteiger partial charge in [0.2, 0.25) is 15.9 Å². The van der Waals surface area contributed by atoms with Crippen molar-refractivity contribution in [2.75, 3.05) is 25.9 Å². The molecule has 0 aromatic heterocycles. The molecule has 0 atom stereocenters. The number of amides is 1. The van der Waals surface area contributed by atoms with Gasteiger partial charge in [-0.15, -0.1) is 0 Å². The van der Waals surface area contributed by atoms with Crippen molar-refractivity contribution >= 4 is 15.9 Å². The fourth-order valence-electron chi connectivity index (χ4n) is 2.04. The van der Waals surface area contributed by atoms with E-state index in [0.717, 1.165) is 32.2 Å². The number of likely N-dealkylation sites (tertiary alicyclic amines) is 1. The third kappa shape index (κ3) is 3.96. The molecule has 1 saturated heterocycles. The molecule has 0 aliphatic carbocycles. The molecule has 0 saturated carbocycles. The van der Waals surface area contributed by atoms with Gasteiger partial charge in [-0.1, -0.05) is 0 Å². The molecule has 0 aromatic rings. The molecule has 1 heterocycles. The topological polar surface area (TPSA) is 57.7 Å². The third-order valence-corrected chi connectivity index (χ3v) is 4.36. The molecule has 0 bridgehead atoms. The van der Waals surface area contributed by atoms with Crippen LogP contribution in [0.2, 0.25) is 0 Å². The Hall–Kier alpha value is -0.620. The van der Waals surface area contributed by atoms with Crippen LogP contribution in [0.5, 0.6) is 0 Å². The molecular formula is C11H22N2O3S. The van der Waals surface area contributed by atoms with E-state index in [-0.39, 0.29) is 12.5 Å². The lowest BCUT2D eigenvalue weighted by atomic mass is 10.1. The molecule has 0 spiro atoms. The van der Waals surface area contributed by atoms with Gasteiger partial charge >= 0.3 is 0 Å². The minimum Gasteiger partial charge on any atom is -0.342 e. The Morgan fingerprint density at radius 1 is 1.24 bits per heavy atom. The molecule has 0 N–H and O–H groups in total. The Labute approximate surface area is 104 Å². The summed E-state index contributed by atoms with van der Waals surface area (Å²) in [6.07, 6.45) is 3.18. The van der Waals surface area contributed by atoms with Gasteiger partial charge in [0, 0.05) is 18.6 Å². The fraction of sp³-hybridized carbons (Fsp3) is 0.909. The quantitative estimate of drug-likeness (QED) is 0.751. The molecule has 1 aliphatic rings. The second-order valence-electron chi connectivity index (χ2n) is 5.53. The molecule has 1 fully saturated rings. The number of rotatable bonds is 3. The van der Waals surface area contributed by atoms with Crippen LogP contribution in [0.15, 0.2) is 0 Å². The largest absolute Gasteiger partial charge is 0.342 e. The minimum absolute atomic E-state index is 0.0532. The second kappa shape index (κ2) is 4.94. The van der Waals surface area contributed by atoms with E-state index < -0.39 is 15.6 Å². The zero-order chi connectivity index (χ0) is 13.3. The first-order chi connectivity index (χ1) is 7.62. The van der Waals surface area contributed by atoms with Crippen LogP contribution in [0.25, 0.3) is 0 Å². The summed E-state index contributed by atoms with van der Waals surface area (Å²) in [7, 11) is -3.36. The van der Waals surface area contributed by atoms with Crippen LogP contribution in [-0.2, 0) is 14.8 Å². The van der Waals surface area contributed by atoms with E-state index in [4.69, 9.17) is 0 Å². The Kier molecular flexibility index (Phi) is 4.19. The molecule has 6 heteroatoms. The molecule has 100 valence electrons. The van der Waals surface area contributed by atoms with Gasteiger partial charge in [-0.3, -0.25) is 4.79 Å². The maximum Gasteiger partial charge on any atom is 0.237 e. The Morgan fingerprint density at radius 3 is 2.06 bits per heavy atom. The van der Waals surface area contributed by atoms with Crippen molar-refractivity contribution in [2.24, 2.45) is 0 Å². The monoisotopic (exact) mass is 262 g/mol. The first-order valence-electron chi connectivity index (χ1n) is 5.88. The zero-order valence-corrected chi connectivity index (χ0v) is 11.9. The number of carbonyl (C=O) groups is 1. The smallest absolute Gasteiger partial charge is 0.237 e. The third-order valence-electron chi connectivity index (χ3n) is 2.89. The first kappa shape index (κ1) is 14.4. The Balaban J connectivity index is 2.77. The summed E-state index contributed by atoms with van der Waals surface area (Å²) in [5, 5.41) is 0. The van der Waals surface area contributed by atoms with Gasteiger partial charge in [0.25, 0.3) is 0 Å². The number of nitrogens with zero attached hydrogens (tertiary/aromatic N) is 2. The molecule has 1 amide bonds. The van der Waals surface area contributed by atoms with Crippen molar-refractivity contribution in [3.63, 3.8) is 0 Å². The molecule has 1 aliphatic heterocycles. The van der Waals surface area contributed by atoms with E-state index in [2.05, 4.69) is 0 Å². The van der Waals surface area contributed by atoms with Gasteiger partial charge in [-0.05, 0) is 33.6 Å². The van der Waals surface area contributed by atoms with Crippen molar-refractivity contribution in [3.05, 3.63) is 0 Å². The first-order valence-corrected chi connectivity index (χ1v) is 7.73. The SMILES string of the molecule is CC(C)(C)N(CC(=O)N1CCCC1)S(C)(=O)=O. The van der Waals surface area contributed by atoms with Crippen molar-refractivity contribution < 1.29 is 13.2 Å². The summed E-state index contributed by atoms with van der Waals surface area (Å²) in [5.74, 6) is -0.0946. The Bertz CT molecular complexity index is 378. The van der Waals surface area contributed by atoms with E-state index in [1.54, 1.807) is 25.7 Å². The number of sulfonamides is 1. The van der Waals surface area contributed by atoms with Crippen LogP contribution in [0.1, 0.15) is 33.6 Å². The lowest BCUT2D eigenvalue weighted by Crippen LogP contribution is -2.50. The molecular weight excluding hydrogens is 240 g/mol. The summed E-state index contributed by atoms with van der Waals surface area (Å²) < 4.78 is 24.6. The summed E-state index contributed by atoms with van der Waals surface area (Å²) in [6, 6.07) is 0.